The van der Waals surface area contributed by atoms with Gasteiger partial charge in [0.2, 0.25) is 0 Å². The summed E-state index contributed by atoms with van der Waals surface area (Å²) in [6.07, 6.45) is 42.1. The molecule has 0 radical (unpaired) electrons. The number of hydrogen-bond acceptors (Lipinski definition) is 2. The highest BCUT2D eigenvalue weighted by Gasteiger charge is 2.34. The van der Waals surface area contributed by atoms with Crippen molar-refractivity contribution in [1.29, 1.82) is 0 Å². The summed E-state index contributed by atoms with van der Waals surface area (Å²) in [6.45, 7) is 8.91. The lowest BCUT2D eigenvalue weighted by Gasteiger charge is -2.28. The van der Waals surface area contributed by atoms with Gasteiger partial charge < -0.3 is 9.90 Å². The molecule has 218 valence electrons. The van der Waals surface area contributed by atoms with E-state index >= 15 is 0 Å². The minimum atomic E-state index is -0.697. The Hall–Kier alpha value is -0.100. The summed E-state index contributed by atoms with van der Waals surface area (Å²) in [7, 11) is -0.697. The topological polar surface area (TPSA) is 40.1 Å². The summed E-state index contributed by atoms with van der Waals surface area (Å²) < 4.78 is 0. The summed E-state index contributed by atoms with van der Waals surface area (Å²) in [6, 6.07) is 0. The monoisotopic (exact) mass is 529 g/mol. The molecule has 0 saturated carbocycles. The zero-order chi connectivity index (χ0) is 27.0. The van der Waals surface area contributed by atoms with Gasteiger partial charge in [0.25, 0.3) is 0 Å². The smallest absolute Gasteiger partial charge is 0.0594 e. The highest BCUT2D eigenvalue weighted by molar-refractivity contribution is 7.75. The van der Waals surface area contributed by atoms with Crippen molar-refractivity contribution in [1.82, 2.24) is 0 Å². The van der Waals surface area contributed by atoms with Crippen LogP contribution in [-0.4, -0.2) is 31.1 Å². The van der Waals surface area contributed by atoms with E-state index in [9.17, 15) is 0 Å². The van der Waals surface area contributed by atoms with Crippen molar-refractivity contribution in [2.45, 2.75) is 182 Å². The largest absolute Gasteiger partial charge is 0.554 e. The molecule has 0 aliphatic heterocycles. The Morgan fingerprint density at radius 3 is 0.778 bits per heavy atom. The number of hydrogen-bond donors (Lipinski definition) is 0. The van der Waals surface area contributed by atoms with Gasteiger partial charge in [0, 0.05) is 13.7 Å². The van der Waals surface area contributed by atoms with Crippen molar-refractivity contribution in [2.24, 2.45) is 0 Å². The lowest BCUT2D eigenvalue weighted by atomic mass is 10.1. The van der Waals surface area contributed by atoms with Gasteiger partial charge in [-0.3, -0.25) is 0 Å². The minimum Gasteiger partial charge on any atom is -0.554 e. The first-order valence-electron chi connectivity index (χ1n) is 16.6. The van der Waals surface area contributed by atoms with Crippen LogP contribution in [0.25, 0.3) is 0 Å². The van der Waals surface area contributed by atoms with Gasteiger partial charge in [0.1, 0.15) is 0 Å². The van der Waals surface area contributed by atoms with Gasteiger partial charge in [0.05, 0.1) is 24.6 Å². The van der Waals surface area contributed by atoms with E-state index in [1.807, 2.05) is 0 Å². The maximum absolute atomic E-state index is 8.25. The highest BCUT2D eigenvalue weighted by Crippen LogP contribution is 2.61. The first kappa shape index (κ1) is 38.0. The zero-order valence-corrected chi connectivity index (χ0v) is 26.5. The summed E-state index contributed by atoms with van der Waals surface area (Å²) in [5, 5.41) is 8.25. The molecule has 3 heteroatoms. The molecule has 0 aliphatic rings. The van der Waals surface area contributed by atoms with Crippen LogP contribution in [0.15, 0.2) is 0 Å². The van der Waals surface area contributed by atoms with Gasteiger partial charge >= 0.3 is 0 Å². The van der Waals surface area contributed by atoms with Gasteiger partial charge in [-0.25, -0.2) is 0 Å². The fourth-order valence-electron chi connectivity index (χ4n) is 5.58. The molecule has 0 fully saturated rings. The van der Waals surface area contributed by atoms with Crippen LogP contribution < -0.4 is 5.11 Å². The van der Waals surface area contributed by atoms with E-state index in [1.54, 1.807) is 50.3 Å². The van der Waals surface area contributed by atoms with E-state index in [-0.39, 0.29) is 0 Å². The quantitative estimate of drug-likeness (QED) is 0.0575. The Balaban J connectivity index is 0. The van der Waals surface area contributed by atoms with Crippen LogP contribution in [0.5, 0.6) is 0 Å². The fourth-order valence-corrected chi connectivity index (χ4v) is 10.5. The molecule has 0 rings (SSSR count). The standard InChI is InChI=1S/C32H68P.CH2O2/c1-5-9-13-17-18-19-20-21-22-23-24-28-32-33(29-25-14-10-6-2,30-26-15-11-7-3)31-27-16-12-8-4;2-1-3/h5-32H2,1-4H3;1H,(H,2,3)/q+1;/p-1. The fraction of sp³-hybridized carbons (Fsp3) is 0.970. The molecule has 0 atom stereocenters. The van der Waals surface area contributed by atoms with Crippen LogP contribution in [0, 0.1) is 0 Å². The van der Waals surface area contributed by atoms with Gasteiger partial charge in [-0.2, -0.15) is 0 Å². The summed E-state index contributed by atoms with van der Waals surface area (Å²) in [5.74, 6) is 0. The molecular formula is C33H69O2P. The maximum atomic E-state index is 8.25. The van der Waals surface area contributed by atoms with E-state index in [2.05, 4.69) is 27.7 Å². The van der Waals surface area contributed by atoms with Crippen LogP contribution in [0.3, 0.4) is 0 Å². The average molecular weight is 529 g/mol. The van der Waals surface area contributed by atoms with Crippen molar-refractivity contribution in [3.63, 3.8) is 0 Å². The molecule has 0 spiro atoms. The van der Waals surface area contributed by atoms with E-state index in [1.165, 1.54) is 128 Å². The Labute approximate surface area is 229 Å². The number of carbonyl (C=O) groups is 1. The van der Waals surface area contributed by atoms with Gasteiger partial charge in [-0.1, -0.05) is 130 Å². The van der Waals surface area contributed by atoms with Crippen LogP contribution in [0.4, 0.5) is 0 Å². The lowest BCUT2D eigenvalue weighted by Crippen LogP contribution is -2.13. The molecule has 36 heavy (non-hydrogen) atoms. The Bertz CT molecular complexity index is 368. The third-order valence-corrected chi connectivity index (χ3v) is 13.0. The van der Waals surface area contributed by atoms with Crippen molar-refractivity contribution in [3.8, 4) is 0 Å². The number of carbonyl (C=O) groups excluding carboxylic acids is 1. The van der Waals surface area contributed by atoms with Crippen molar-refractivity contribution in [2.75, 3.05) is 24.6 Å². The zero-order valence-electron chi connectivity index (χ0n) is 25.6. The second-order valence-corrected chi connectivity index (χ2v) is 15.9. The number of rotatable bonds is 28. The molecule has 0 amide bonds. The van der Waals surface area contributed by atoms with Crippen molar-refractivity contribution < 1.29 is 9.90 Å². The maximum Gasteiger partial charge on any atom is 0.0594 e. The summed E-state index contributed by atoms with van der Waals surface area (Å²) in [5.41, 5.74) is 0. The Kier molecular flexibility index (Phi) is 34.8. The van der Waals surface area contributed by atoms with E-state index < -0.39 is 13.7 Å². The molecule has 0 aliphatic carbocycles. The SMILES string of the molecule is CCCCCCCCCCCCCC[P+](CCCCCC)(CCCCCC)CCCCCC.O=C[O-]. The Morgan fingerprint density at radius 1 is 0.389 bits per heavy atom. The van der Waals surface area contributed by atoms with Gasteiger partial charge in [-0.15, -0.1) is 0 Å². The number of carboxylic acid groups (broad SMARTS) is 1. The van der Waals surface area contributed by atoms with Crippen LogP contribution >= 0.6 is 7.26 Å². The molecule has 0 aromatic heterocycles. The predicted octanol–water partition coefficient (Wildman–Crippen LogP) is 10.8. The lowest BCUT2D eigenvalue weighted by molar-refractivity contribution is -0.283. The normalized spacial score (nSPS) is 11.3. The summed E-state index contributed by atoms with van der Waals surface area (Å²) in [4.78, 5) is 8.25. The third kappa shape index (κ3) is 28.5. The predicted molar refractivity (Wildman–Crippen MR) is 166 cm³/mol. The van der Waals surface area contributed by atoms with Crippen molar-refractivity contribution in [3.05, 3.63) is 0 Å². The highest BCUT2D eigenvalue weighted by atomic mass is 31.2. The molecule has 0 bridgehead atoms. The number of unbranched alkanes of at least 4 members (excludes halogenated alkanes) is 20. The molecule has 0 unspecified atom stereocenters. The van der Waals surface area contributed by atoms with Crippen LogP contribution in [-0.2, 0) is 4.79 Å². The van der Waals surface area contributed by atoms with E-state index in [4.69, 9.17) is 9.90 Å². The second kappa shape index (κ2) is 32.9. The first-order chi connectivity index (χ1) is 17.7. The van der Waals surface area contributed by atoms with E-state index in [0.717, 1.165) is 0 Å². The summed E-state index contributed by atoms with van der Waals surface area (Å²) >= 11 is 0. The third-order valence-electron chi connectivity index (χ3n) is 7.94. The molecule has 0 N–H and O–H groups in total. The van der Waals surface area contributed by atoms with Crippen molar-refractivity contribution >= 4 is 13.7 Å². The van der Waals surface area contributed by atoms with Crippen LogP contribution in [0.2, 0.25) is 0 Å². The van der Waals surface area contributed by atoms with Gasteiger partial charge in [0.15, 0.2) is 0 Å². The first-order valence-corrected chi connectivity index (χ1v) is 19.1. The molecule has 0 heterocycles. The van der Waals surface area contributed by atoms with Gasteiger partial charge in [-0.05, 0) is 51.4 Å². The Morgan fingerprint density at radius 2 is 0.556 bits per heavy atom. The second-order valence-electron chi connectivity index (χ2n) is 11.4. The van der Waals surface area contributed by atoms with Crippen LogP contribution in [0.1, 0.15) is 182 Å². The molecule has 0 saturated heterocycles. The average Bonchev–Trinajstić information content (AvgIpc) is 2.88. The van der Waals surface area contributed by atoms with E-state index in [0.29, 0.717) is 0 Å². The molecular weight excluding hydrogens is 459 g/mol. The minimum absolute atomic E-state index is 0.500. The molecule has 0 aromatic carbocycles. The molecule has 2 nitrogen and oxygen atoms in total. The molecule has 0 aromatic rings.